The fraction of sp³-hybridized carbons (Fsp3) is 0.875. The van der Waals surface area contributed by atoms with Crippen LogP contribution in [0.2, 0.25) is 0 Å². The average molecular weight is 239 g/mol. The fourth-order valence-electron chi connectivity index (χ4n) is 0.711. The third kappa shape index (κ3) is 9.91. The van der Waals surface area contributed by atoms with Gasteiger partial charge in [-0.1, -0.05) is 22.9 Å². The van der Waals surface area contributed by atoms with Crippen molar-refractivity contribution in [3.8, 4) is 0 Å². The van der Waals surface area contributed by atoms with E-state index >= 15 is 0 Å². The molecule has 0 bridgehead atoms. The highest BCUT2D eigenvalue weighted by atomic mass is 79.9. The predicted octanol–water partition coefficient (Wildman–Crippen LogP) is 2.43. The Labute approximate surface area is 81.5 Å². The van der Waals surface area contributed by atoms with Crippen molar-refractivity contribution in [3.63, 3.8) is 0 Å². The first-order valence-electron chi connectivity index (χ1n) is 4.07. The molecular formula is C8H15BrO3. The van der Waals surface area contributed by atoms with E-state index in [1.165, 1.54) is 6.92 Å². The Hall–Kier alpha value is -0.0900. The van der Waals surface area contributed by atoms with E-state index < -0.39 is 5.97 Å². The number of rotatable bonds is 6. The van der Waals surface area contributed by atoms with Crippen LogP contribution in [0.4, 0.5) is 0 Å². The van der Waals surface area contributed by atoms with Crippen molar-refractivity contribution in [2.24, 2.45) is 0 Å². The topological polar surface area (TPSA) is 35.5 Å². The first-order chi connectivity index (χ1) is 5.63. The van der Waals surface area contributed by atoms with Gasteiger partial charge in [-0.25, -0.2) is 4.79 Å². The Kier molecular flexibility index (Phi) is 7.50. The second-order valence-electron chi connectivity index (χ2n) is 2.67. The molecule has 0 amide bonds. The summed E-state index contributed by atoms with van der Waals surface area (Å²) in [4.78, 5) is 19.7. The zero-order valence-corrected chi connectivity index (χ0v) is 9.09. The fourth-order valence-corrected chi connectivity index (χ4v) is 1.03. The van der Waals surface area contributed by atoms with E-state index in [0.717, 1.165) is 19.3 Å². The van der Waals surface area contributed by atoms with Crippen molar-refractivity contribution in [1.82, 2.24) is 0 Å². The van der Waals surface area contributed by atoms with Crippen LogP contribution in [0.5, 0.6) is 0 Å². The highest BCUT2D eigenvalue weighted by Crippen LogP contribution is 2.08. The smallest absolute Gasteiger partial charge is 0.299 e. The number of alkyl halides is 1. The highest BCUT2D eigenvalue weighted by Gasteiger charge is 1.97. The van der Waals surface area contributed by atoms with E-state index in [0.29, 0.717) is 11.4 Å². The normalized spacial score (nSPS) is 12.6. The molecule has 1 unspecified atom stereocenters. The number of hydrogen-bond donors (Lipinski definition) is 0. The van der Waals surface area contributed by atoms with Crippen LogP contribution in [0.25, 0.3) is 0 Å². The monoisotopic (exact) mass is 238 g/mol. The van der Waals surface area contributed by atoms with Crippen LogP contribution < -0.4 is 0 Å². The lowest BCUT2D eigenvalue weighted by atomic mass is 10.2. The Morgan fingerprint density at radius 1 is 1.50 bits per heavy atom. The number of unbranched alkanes of at least 4 members (excludes halogenated alkanes) is 1. The van der Waals surface area contributed by atoms with Crippen molar-refractivity contribution < 1.29 is 14.6 Å². The molecule has 12 heavy (non-hydrogen) atoms. The van der Waals surface area contributed by atoms with Crippen molar-refractivity contribution in [3.05, 3.63) is 0 Å². The van der Waals surface area contributed by atoms with Gasteiger partial charge in [0.2, 0.25) is 0 Å². The number of halogens is 1. The highest BCUT2D eigenvalue weighted by molar-refractivity contribution is 9.09. The summed E-state index contributed by atoms with van der Waals surface area (Å²) in [6.45, 7) is 3.91. The molecule has 0 heterocycles. The summed E-state index contributed by atoms with van der Waals surface area (Å²) in [5, 5.41) is 0. The molecule has 0 radical (unpaired) electrons. The average Bonchev–Trinajstić information content (AvgIpc) is 1.95. The summed E-state index contributed by atoms with van der Waals surface area (Å²) in [5.74, 6) is -0.399. The SMILES string of the molecule is CC(=O)OOCCCCC(C)Br. The zero-order valence-electron chi connectivity index (χ0n) is 7.51. The van der Waals surface area contributed by atoms with Crippen molar-refractivity contribution in [2.45, 2.75) is 37.9 Å². The molecule has 0 aromatic carbocycles. The lowest BCUT2D eigenvalue weighted by Crippen LogP contribution is -2.02. The minimum absolute atomic E-state index is 0.399. The summed E-state index contributed by atoms with van der Waals surface area (Å²) in [6.07, 6.45) is 3.11. The van der Waals surface area contributed by atoms with E-state index in [4.69, 9.17) is 0 Å². The van der Waals surface area contributed by atoms with E-state index in [-0.39, 0.29) is 0 Å². The maximum absolute atomic E-state index is 10.2. The summed E-state index contributed by atoms with van der Waals surface area (Å²) in [7, 11) is 0. The van der Waals surface area contributed by atoms with E-state index in [9.17, 15) is 4.79 Å². The maximum atomic E-state index is 10.2. The molecule has 1 atom stereocenters. The van der Waals surface area contributed by atoms with Gasteiger partial charge in [0.15, 0.2) is 0 Å². The molecule has 0 aromatic rings. The van der Waals surface area contributed by atoms with Gasteiger partial charge in [-0.2, -0.15) is 4.89 Å². The molecular weight excluding hydrogens is 224 g/mol. The van der Waals surface area contributed by atoms with Gasteiger partial charge in [0.25, 0.3) is 0 Å². The largest absolute Gasteiger partial charge is 0.339 e. The molecule has 0 spiro atoms. The van der Waals surface area contributed by atoms with Crippen LogP contribution >= 0.6 is 15.9 Å². The lowest BCUT2D eigenvalue weighted by Gasteiger charge is -2.02. The van der Waals surface area contributed by atoms with Crippen molar-refractivity contribution in [1.29, 1.82) is 0 Å². The van der Waals surface area contributed by atoms with E-state index in [2.05, 4.69) is 32.6 Å². The van der Waals surface area contributed by atoms with Crippen LogP contribution in [0, 0.1) is 0 Å². The first kappa shape index (κ1) is 11.9. The molecule has 0 aliphatic rings. The van der Waals surface area contributed by atoms with Crippen molar-refractivity contribution >= 4 is 21.9 Å². The van der Waals surface area contributed by atoms with Gasteiger partial charge in [0.1, 0.15) is 0 Å². The van der Waals surface area contributed by atoms with Crippen molar-refractivity contribution in [2.75, 3.05) is 6.61 Å². The first-order valence-corrected chi connectivity index (χ1v) is 4.98. The third-order valence-electron chi connectivity index (χ3n) is 1.26. The molecule has 3 nitrogen and oxygen atoms in total. The van der Waals surface area contributed by atoms with Gasteiger partial charge in [-0.3, -0.25) is 4.89 Å². The van der Waals surface area contributed by atoms with Crippen LogP contribution in [0.1, 0.15) is 33.1 Å². The van der Waals surface area contributed by atoms with Crippen LogP contribution in [-0.2, 0) is 14.6 Å². The van der Waals surface area contributed by atoms with Crippen LogP contribution in [0.3, 0.4) is 0 Å². The Bertz CT molecular complexity index is 125. The maximum Gasteiger partial charge on any atom is 0.339 e. The van der Waals surface area contributed by atoms with E-state index in [1.54, 1.807) is 0 Å². The predicted molar refractivity (Wildman–Crippen MR) is 50.0 cm³/mol. The molecule has 0 rings (SSSR count). The lowest BCUT2D eigenvalue weighted by molar-refractivity contribution is -0.270. The minimum atomic E-state index is -0.399. The molecule has 4 heteroatoms. The Morgan fingerprint density at radius 2 is 2.17 bits per heavy atom. The van der Waals surface area contributed by atoms with Crippen LogP contribution in [-0.4, -0.2) is 17.4 Å². The second-order valence-corrected chi connectivity index (χ2v) is 4.24. The van der Waals surface area contributed by atoms with Gasteiger partial charge < -0.3 is 0 Å². The van der Waals surface area contributed by atoms with Gasteiger partial charge >= 0.3 is 5.97 Å². The van der Waals surface area contributed by atoms with Gasteiger partial charge in [-0.05, 0) is 19.3 Å². The summed E-state index contributed by atoms with van der Waals surface area (Å²) >= 11 is 3.44. The van der Waals surface area contributed by atoms with Gasteiger partial charge in [0.05, 0.1) is 6.61 Å². The molecule has 0 aliphatic carbocycles. The summed E-state index contributed by atoms with van der Waals surface area (Å²) in [6, 6.07) is 0. The quantitative estimate of drug-likeness (QED) is 0.309. The Balaban J connectivity index is 2.96. The standard InChI is InChI=1S/C8H15BrO3/c1-7(9)5-3-4-6-11-12-8(2)10/h7H,3-6H2,1-2H3. The van der Waals surface area contributed by atoms with E-state index in [1.807, 2.05) is 0 Å². The summed E-state index contributed by atoms with van der Waals surface area (Å²) < 4.78 is 0. The molecule has 0 aromatic heterocycles. The minimum Gasteiger partial charge on any atom is -0.299 e. The molecule has 0 fully saturated rings. The van der Waals surface area contributed by atoms with Crippen LogP contribution in [0.15, 0.2) is 0 Å². The number of carbonyl (C=O) groups excluding carboxylic acids is 1. The molecule has 0 N–H and O–H groups in total. The Morgan fingerprint density at radius 3 is 2.67 bits per heavy atom. The molecule has 0 saturated heterocycles. The second kappa shape index (κ2) is 7.55. The molecule has 0 aliphatic heterocycles. The number of carbonyl (C=O) groups is 1. The number of hydrogen-bond acceptors (Lipinski definition) is 3. The van der Waals surface area contributed by atoms with Gasteiger partial charge in [-0.15, -0.1) is 0 Å². The zero-order chi connectivity index (χ0) is 9.40. The molecule has 0 saturated carbocycles. The third-order valence-corrected chi connectivity index (χ3v) is 1.71. The van der Waals surface area contributed by atoms with Gasteiger partial charge in [0, 0.05) is 11.8 Å². The molecule has 72 valence electrons. The summed E-state index contributed by atoms with van der Waals surface area (Å²) in [5.41, 5.74) is 0.